The van der Waals surface area contributed by atoms with Crippen molar-refractivity contribution in [2.75, 3.05) is 41.6 Å². The van der Waals surface area contributed by atoms with Crippen LogP contribution < -0.4 is 18.9 Å². The minimum atomic E-state index is -2.23. The van der Waals surface area contributed by atoms with Crippen molar-refractivity contribution < 1.29 is 52.9 Å². The standard InChI is InChI=1S/C34H37N3O11/c1-41-21-12-10-20(11-13-21)34-27(19-8-6-5-7-9-19)26(30(39)43-3)29(38)33(34,40)28-24(42-2)16-23(17-25(28)48-34)47-32-31(44-4)45-18-22(46-32)14-15-36-37-35/h5-13,16-17,22,26-27,29,31-32,38,40H,14-15,18H2,1-4H3/t22-,26-,27+,29-,31+,32-,33-,34+/m0/s1. The molecule has 48 heavy (non-hydrogen) atoms. The van der Waals surface area contributed by atoms with Gasteiger partial charge in [0.1, 0.15) is 29.1 Å². The van der Waals surface area contributed by atoms with E-state index in [0.717, 1.165) is 0 Å². The van der Waals surface area contributed by atoms with Crippen LogP contribution in [0.3, 0.4) is 0 Å². The van der Waals surface area contributed by atoms with Gasteiger partial charge in [-0.15, -0.1) is 0 Å². The number of ether oxygens (including phenoxy) is 8. The minimum Gasteiger partial charge on any atom is -0.497 e. The van der Waals surface area contributed by atoms with Crippen molar-refractivity contribution in [3.05, 3.63) is 93.9 Å². The van der Waals surface area contributed by atoms with Crippen molar-refractivity contribution >= 4 is 5.97 Å². The van der Waals surface area contributed by atoms with Crippen LogP contribution in [-0.2, 0) is 34.9 Å². The number of fused-ring (bicyclic) bond motifs is 3. The molecule has 14 nitrogen and oxygen atoms in total. The molecule has 254 valence electrons. The van der Waals surface area contributed by atoms with Gasteiger partial charge in [0.2, 0.25) is 6.29 Å². The van der Waals surface area contributed by atoms with Gasteiger partial charge < -0.3 is 48.1 Å². The molecule has 0 bridgehead atoms. The predicted molar refractivity (Wildman–Crippen MR) is 168 cm³/mol. The first-order chi connectivity index (χ1) is 23.3. The molecular weight excluding hydrogens is 626 g/mol. The molecule has 6 rings (SSSR count). The highest BCUT2D eigenvalue weighted by Crippen LogP contribution is 2.70. The highest BCUT2D eigenvalue weighted by molar-refractivity contribution is 5.78. The fourth-order valence-electron chi connectivity index (χ4n) is 7.22. The van der Waals surface area contributed by atoms with Crippen molar-refractivity contribution in [3.63, 3.8) is 0 Å². The number of carbonyl (C=O) groups excluding carboxylic acids is 1. The molecule has 2 heterocycles. The molecule has 0 unspecified atom stereocenters. The number of hydrogen-bond donors (Lipinski definition) is 2. The largest absolute Gasteiger partial charge is 0.497 e. The highest BCUT2D eigenvalue weighted by atomic mass is 16.8. The Morgan fingerprint density at radius 3 is 2.42 bits per heavy atom. The summed E-state index contributed by atoms with van der Waals surface area (Å²) in [6.07, 6.45) is -3.67. The monoisotopic (exact) mass is 663 g/mol. The number of aliphatic hydroxyl groups is 2. The Bertz CT molecular complexity index is 1670. The lowest BCUT2D eigenvalue weighted by Gasteiger charge is -2.40. The maximum atomic E-state index is 13.5. The number of hydrogen-bond acceptors (Lipinski definition) is 12. The van der Waals surface area contributed by atoms with E-state index < -0.39 is 53.8 Å². The summed E-state index contributed by atoms with van der Waals surface area (Å²) in [5.41, 5.74) is 5.88. The smallest absolute Gasteiger partial charge is 0.312 e. The van der Waals surface area contributed by atoms with Crippen molar-refractivity contribution in [2.24, 2.45) is 11.0 Å². The van der Waals surface area contributed by atoms with Crippen LogP contribution in [0, 0.1) is 5.92 Å². The lowest BCUT2D eigenvalue weighted by molar-refractivity contribution is -0.312. The molecule has 3 aliphatic rings. The van der Waals surface area contributed by atoms with E-state index in [1.807, 2.05) is 30.3 Å². The van der Waals surface area contributed by atoms with Crippen molar-refractivity contribution in [1.29, 1.82) is 0 Å². The fourth-order valence-corrected chi connectivity index (χ4v) is 7.22. The molecule has 0 aromatic heterocycles. The van der Waals surface area contributed by atoms with E-state index in [4.69, 9.17) is 43.4 Å². The van der Waals surface area contributed by atoms with Gasteiger partial charge in [-0.1, -0.05) is 47.6 Å². The average Bonchev–Trinajstić information content (AvgIpc) is 3.50. The summed E-state index contributed by atoms with van der Waals surface area (Å²) in [4.78, 5) is 16.3. The molecule has 0 amide bonds. The Balaban J connectivity index is 1.49. The van der Waals surface area contributed by atoms with Gasteiger partial charge in [0.05, 0.1) is 45.5 Å². The number of benzene rings is 3. The second kappa shape index (κ2) is 13.5. The Hall–Kier alpha value is -4.56. The number of aliphatic hydroxyl groups excluding tert-OH is 1. The summed E-state index contributed by atoms with van der Waals surface area (Å²) in [7, 11) is 5.64. The lowest BCUT2D eigenvalue weighted by Crippen LogP contribution is -2.52. The van der Waals surface area contributed by atoms with E-state index >= 15 is 0 Å². The molecule has 2 fully saturated rings. The van der Waals surface area contributed by atoms with E-state index in [1.54, 1.807) is 30.3 Å². The zero-order valence-electron chi connectivity index (χ0n) is 26.8. The fraction of sp³-hybridized carbons (Fsp3) is 0.441. The average molecular weight is 664 g/mol. The SMILES string of the molecule is COC(=O)[C@H]1[C@@H](c2ccccc2)[C@@]2(c3ccc(OC)cc3)Oc3cc(O[C@@H]4O[C@@H](CCN=[N+]=[N-])CO[C@H]4OC)cc(OC)c3[C@]2(O)[C@H]1O. The highest BCUT2D eigenvalue weighted by Gasteiger charge is 2.78. The van der Waals surface area contributed by atoms with Crippen LogP contribution >= 0.6 is 0 Å². The summed E-state index contributed by atoms with van der Waals surface area (Å²) < 4.78 is 46.9. The second-order valence-corrected chi connectivity index (χ2v) is 11.6. The first-order valence-corrected chi connectivity index (χ1v) is 15.3. The van der Waals surface area contributed by atoms with Crippen LogP contribution in [0.2, 0.25) is 0 Å². The summed E-state index contributed by atoms with van der Waals surface area (Å²) in [5, 5.41) is 28.7. The van der Waals surface area contributed by atoms with E-state index in [9.17, 15) is 15.0 Å². The summed E-state index contributed by atoms with van der Waals surface area (Å²) in [6, 6.07) is 19.0. The van der Waals surface area contributed by atoms with Crippen LogP contribution in [0.1, 0.15) is 29.0 Å². The Kier molecular flexibility index (Phi) is 9.39. The maximum absolute atomic E-state index is 13.5. The van der Waals surface area contributed by atoms with Crippen molar-refractivity contribution in [1.82, 2.24) is 0 Å². The van der Waals surface area contributed by atoms with Gasteiger partial charge in [-0.3, -0.25) is 4.79 Å². The minimum absolute atomic E-state index is 0.127. The molecule has 1 saturated carbocycles. The molecule has 3 aromatic carbocycles. The quantitative estimate of drug-likeness (QED) is 0.131. The Morgan fingerprint density at radius 1 is 1.02 bits per heavy atom. The molecule has 0 radical (unpaired) electrons. The lowest BCUT2D eigenvalue weighted by atomic mass is 9.70. The van der Waals surface area contributed by atoms with Gasteiger partial charge in [-0.25, -0.2) is 0 Å². The Labute approximate surface area is 276 Å². The predicted octanol–water partition coefficient (Wildman–Crippen LogP) is 3.92. The third-order valence-electron chi connectivity index (χ3n) is 9.29. The molecule has 1 saturated heterocycles. The first kappa shape index (κ1) is 33.3. The summed E-state index contributed by atoms with van der Waals surface area (Å²) in [5.74, 6) is -1.84. The van der Waals surface area contributed by atoms with Gasteiger partial charge in [0, 0.05) is 36.6 Å². The Morgan fingerprint density at radius 2 is 1.77 bits per heavy atom. The molecule has 8 atom stereocenters. The molecular formula is C34H37N3O11. The van der Waals surface area contributed by atoms with Crippen LogP contribution in [-0.4, -0.2) is 82.6 Å². The van der Waals surface area contributed by atoms with Gasteiger partial charge >= 0.3 is 5.97 Å². The normalized spacial score (nSPS) is 30.3. The van der Waals surface area contributed by atoms with Crippen LogP contribution in [0.4, 0.5) is 0 Å². The molecule has 2 N–H and O–H groups in total. The second-order valence-electron chi connectivity index (χ2n) is 11.6. The van der Waals surface area contributed by atoms with E-state index in [2.05, 4.69) is 10.0 Å². The number of nitrogens with zero attached hydrogens (tertiary/aromatic N) is 3. The van der Waals surface area contributed by atoms with Crippen LogP contribution in [0.5, 0.6) is 23.0 Å². The van der Waals surface area contributed by atoms with Gasteiger partial charge in [-0.05, 0) is 35.2 Å². The van der Waals surface area contributed by atoms with Crippen molar-refractivity contribution in [2.45, 2.75) is 48.3 Å². The zero-order valence-corrected chi connectivity index (χ0v) is 26.8. The third-order valence-corrected chi connectivity index (χ3v) is 9.29. The van der Waals surface area contributed by atoms with E-state index in [0.29, 0.717) is 23.3 Å². The topological polar surface area (TPSA) is 180 Å². The number of methoxy groups -OCH3 is 4. The van der Waals surface area contributed by atoms with Crippen molar-refractivity contribution in [3.8, 4) is 23.0 Å². The first-order valence-electron chi connectivity index (χ1n) is 15.3. The van der Waals surface area contributed by atoms with Gasteiger partial charge in [-0.2, -0.15) is 0 Å². The molecule has 1 aliphatic carbocycles. The molecule has 2 aliphatic heterocycles. The zero-order chi connectivity index (χ0) is 34.1. The number of carbonyl (C=O) groups is 1. The maximum Gasteiger partial charge on any atom is 0.312 e. The number of azide groups is 1. The van der Waals surface area contributed by atoms with Crippen LogP contribution in [0.15, 0.2) is 71.8 Å². The molecule has 3 aromatic rings. The number of esters is 1. The third kappa shape index (κ3) is 5.27. The molecule has 0 spiro atoms. The van der Waals surface area contributed by atoms with E-state index in [1.165, 1.54) is 34.5 Å². The summed E-state index contributed by atoms with van der Waals surface area (Å²) >= 11 is 0. The van der Waals surface area contributed by atoms with E-state index in [-0.39, 0.29) is 36.0 Å². The summed E-state index contributed by atoms with van der Waals surface area (Å²) in [6.45, 7) is 0.409. The molecule has 14 heteroatoms. The van der Waals surface area contributed by atoms with Crippen LogP contribution in [0.25, 0.3) is 10.4 Å². The van der Waals surface area contributed by atoms with Gasteiger partial charge in [0.25, 0.3) is 6.29 Å². The number of rotatable bonds is 11. The van der Waals surface area contributed by atoms with Gasteiger partial charge in [0.15, 0.2) is 11.2 Å².